The van der Waals surface area contributed by atoms with Crippen LogP contribution in [0.15, 0.2) is 24.3 Å². The highest BCUT2D eigenvalue weighted by atomic mass is 35.5. The molecule has 0 aliphatic carbocycles. The number of Topliss-reactive ketones (excluding diaryl/α,β-unsaturated/α-hetero) is 3. The summed E-state index contributed by atoms with van der Waals surface area (Å²) in [5.74, 6) is -8.38. The third-order valence-corrected chi connectivity index (χ3v) is 6.32. The van der Waals surface area contributed by atoms with Crippen LogP contribution in [0.1, 0.15) is 40.2 Å². The Kier molecular flexibility index (Phi) is 10.8. The van der Waals surface area contributed by atoms with Gasteiger partial charge in [0.25, 0.3) is 5.91 Å². The number of primary amides is 1. The van der Waals surface area contributed by atoms with Crippen molar-refractivity contribution in [1.82, 2.24) is 4.90 Å². The number of rotatable bonds is 11. The number of hydrogen-bond donors (Lipinski definition) is 5. The van der Waals surface area contributed by atoms with E-state index in [1.165, 1.54) is 38.1 Å². The van der Waals surface area contributed by atoms with Crippen LogP contribution in [0.25, 0.3) is 0 Å². The van der Waals surface area contributed by atoms with Crippen LogP contribution in [0.3, 0.4) is 0 Å². The maximum absolute atomic E-state index is 13.8. The molecular formula is C25H34ClN5O8. The Morgan fingerprint density at radius 2 is 1.46 bits per heavy atom. The summed E-state index contributed by atoms with van der Waals surface area (Å²) in [5.41, 5.74) is 17.7. The molecule has 1 heterocycles. The molecular weight excluding hydrogens is 534 g/mol. The lowest BCUT2D eigenvalue weighted by Crippen LogP contribution is -2.69. The zero-order valence-corrected chi connectivity index (χ0v) is 23.0. The number of phenols is 1. The van der Waals surface area contributed by atoms with Gasteiger partial charge in [-0.25, -0.2) is 0 Å². The average Bonchev–Trinajstić information content (AvgIpc) is 3.43. The first-order valence-electron chi connectivity index (χ1n) is 11.8. The summed E-state index contributed by atoms with van der Waals surface area (Å²) < 4.78 is 0. The number of benzene rings is 1. The molecule has 0 spiro atoms. The highest BCUT2D eigenvalue weighted by Gasteiger charge is 2.86. The first-order chi connectivity index (χ1) is 17.8. The van der Waals surface area contributed by atoms with Gasteiger partial charge in [0.15, 0.2) is 17.3 Å². The van der Waals surface area contributed by atoms with E-state index in [2.05, 4.69) is 11.6 Å². The lowest BCUT2D eigenvalue weighted by atomic mass is 9.62. The van der Waals surface area contributed by atoms with Gasteiger partial charge in [0.05, 0.1) is 18.1 Å². The van der Waals surface area contributed by atoms with E-state index in [9.17, 15) is 38.7 Å². The lowest BCUT2D eigenvalue weighted by Gasteiger charge is -2.36. The number of imide groups is 1. The molecule has 9 N–H and O–H groups in total. The summed E-state index contributed by atoms with van der Waals surface area (Å²) in [4.78, 5) is 89.0. The number of ketones is 3. The number of halogens is 1. The van der Waals surface area contributed by atoms with Crippen molar-refractivity contribution in [3.63, 3.8) is 0 Å². The van der Waals surface area contributed by atoms with Crippen molar-refractivity contribution in [3.05, 3.63) is 29.8 Å². The lowest BCUT2D eigenvalue weighted by molar-refractivity contribution is -0.158. The van der Waals surface area contributed by atoms with Gasteiger partial charge < -0.3 is 28.0 Å². The van der Waals surface area contributed by atoms with Crippen molar-refractivity contribution < 1.29 is 38.7 Å². The average molecular weight is 568 g/mol. The van der Waals surface area contributed by atoms with Crippen LogP contribution in [0, 0.1) is 11.3 Å². The number of hydrogen-bond acceptors (Lipinski definition) is 11. The van der Waals surface area contributed by atoms with Gasteiger partial charge in [-0.15, -0.1) is 0 Å². The van der Waals surface area contributed by atoms with Crippen molar-refractivity contribution in [2.45, 2.75) is 64.7 Å². The van der Waals surface area contributed by atoms with E-state index in [0.717, 1.165) is 6.92 Å². The molecule has 3 amide bonds. The van der Waals surface area contributed by atoms with E-state index >= 15 is 0 Å². The van der Waals surface area contributed by atoms with Gasteiger partial charge >= 0.3 is 0 Å². The maximum atomic E-state index is 13.8. The van der Waals surface area contributed by atoms with E-state index in [0.29, 0.717) is 10.5 Å². The standard InChI is InChI=1S/C23H31N5O7.C2H3ClO/c1-10(2)16(26)18(32)23(21(35)28(23)19(33)11(3)24)22(12(4)29,20(27)34)17(31)15(25)9-13-5-7-14(30)8-6-13;1-2(3)4/h5-8,10-11,15-16,30H,9,24-26H2,1-4H3,(H2,27,34);1H3. The van der Waals surface area contributed by atoms with Crippen LogP contribution in [0.2, 0.25) is 0 Å². The normalized spacial score (nSPS) is 20.1. The molecule has 5 atom stereocenters. The second-order valence-electron chi connectivity index (χ2n) is 9.59. The second kappa shape index (κ2) is 12.6. The summed E-state index contributed by atoms with van der Waals surface area (Å²) in [6, 6.07) is 1.21. The van der Waals surface area contributed by atoms with E-state index in [1.807, 2.05) is 0 Å². The molecule has 39 heavy (non-hydrogen) atoms. The van der Waals surface area contributed by atoms with E-state index in [-0.39, 0.29) is 17.4 Å². The van der Waals surface area contributed by atoms with Gasteiger partial charge in [-0.1, -0.05) is 26.0 Å². The summed E-state index contributed by atoms with van der Waals surface area (Å²) in [6.45, 7) is 6.41. The molecule has 5 unspecified atom stereocenters. The summed E-state index contributed by atoms with van der Waals surface area (Å²) in [7, 11) is 0. The van der Waals surface area contributed by atoms with E-state index in [1.54, 1.807) is 13.8 Å². The molecule has 0 saturated carbocycles. The predicted octanol–water partition coefficient (Wildman–Crippen LogP) is -1.33. The molecule has 13 nitrogen and oxygen atoms in total. The van der Waals surface area contributed by atoms with Crippen LogP contribution in [0.4, 0.5) is 0 Å². The minimum Gasteiger partial charge on any atom is -0.508 e. The Balaban J connectivity index is 0.00000177. The van der Waals surface area contributed by atoms with E-state index in [4.69, 9.17) is 22.9 Å². The predicted molar refractivity (Wildman–Crippen MR) is 140 cm³/mol. The molecule has 1 aliphatic heterocycles. The number of nitrogens with zero attached hydrogens (tertiary/aromatic N) is 1. The highest BCUT2D eigenvalue weighted by molar-refractivity contribution is 6.62. The number of nitrogens with two attached hydrogens (primary N) is 4. The number of phenolic OH excluding ortho intramolecular Hbond substituents is 1. The molecule has 0 aromatic heterocycles. The van der Waals surface area contributed by atoms with Gasteiger partial charge in [0.1, 0.15) is 5.75 Å². The summed E-state index contributed by atoms with van der Waals surface area (Å²) in [6.07, 6.45) is -0.239. The first kappa shape index (κ1) is 33.5. The van der Waals surface area contributed by atoms with Gasteiger partial charge in [-0.05, 0) is 55.5 Å². The Morgan fingerprint density at radius 1 is 1.00 bits per heavy atom. The number of carbonyl (C=O) groups is 7. The Morgan fingerprint density at radius 3 is 1.82 bits per heavy atom. The monoisotopic (exact) mass is 567 g/mol. The fraction of sp³-hybridized carbons (Fsp3) is 0.480. The molecule has 0 radical (unpaired) electrons. The largest absolute Gasteiger partial charge is 0.508 e. The molecule has 214 valence electrons. The number of aromatic hydroxyl groups is 1. The van der Waals surface area contributed by atoms with Crippen LogP contribution in [-0.2, 0) is 40.0 Å². The van der Waals surface area contributed by atoms with Crippen molar-refractivity contribution in [2.24, 2.45) is 34.3 Å². The third kappa shape index (κ3) is 6.06. The van der Waals surface area contributed by atoms with Crippen LogP contribution >= 0.6 is 11.6 Å². The molecule has 1 aromatic rings. The van der Waals surface area contributed by atoms with Gasteiger partial charge in [-0.3, -0.25) is 38.5 Å². The molecule has 1 aliphatic rings. The van der Waals surface area contributed by atoms with Crippen molar-refractivity contribution in [1.29, 1.82) is 0 Å². The Hall–Kier alpha value is -3.52. The topological polar surface area (TPSA) is 247 Å². The second-order valence-corrected chi connectivity index (χ2v) is 10.1. The Labute approximate surface area is 230 Å². The fourth-order valence-corrected chi connectivity index (χ4v) is 4.31. The molecule has 1 fully saturated rings. The highest BCUT2D eigenvalue weighted by Crippen LogP contribution is 2.52. The van der Waals surface area contributed by atoms with Crippen LogP contribution in [-0.4, -0.2) is 74.0 Å². The van der Waals surface area contributed by atoms with Crippen molar-refractivity contribution in [2.75, 3.05) is 0 Å². The quantitative estimate of drug-likeness (QED) is 0.119. The summed E-state index contributed by atoms with van der Waals surface area (Å²) >= 11 is 4.64. The molecule has 0 bridgehead atoms. The summed E-state index contributed by atoms with van der Waals surface area (Å²) in [5, 5.41) is 9.10. The fourth-order valence-electron chi connectivity index (χ4n) is 4.31. The van der Waals surface area contributed by atoms with Gasteiger partial charge in [-0.2, -0.15) is 0 Å². The van der Waals surface area contributed by atoms with E-state index < -0.39 is 70.1 Å². The smallest absolute Gasteiger partial charge is 0.267 e. The molecule has 1 aromatic carbocycles. The Bertz CT molecular complexity index is 1170. The SMILES string of the molecule is CC(=O)C(C(N)=O)(C(=O)C(N)Cc1ccc(O)cc1)C1(C(=O)C(N)C(C)C)C(=O)N1C(=O)C(C)N.CC(=O)Cl. The minimum atomic E-state index is -3.13. The van der Waals surface area contributed by atoms with Crippen LogP contribution in [0.5, 0.6) is 5.75 Å². The first-order valence-corrected chi connectivity index (χ1v) is 12.2. The molecule has 2 rings (SSSR count). The number of amides is 3. The van der Waals surface area contributed by atoms with Crippen molar-refractivity contribution in [3.8, 4) is 5.75 Å². The number of carbonyl (C=O) groups excluding carboxylic acids is 7. The molecule has 14 heteroatoms. The zero-order chi connectivity index (χ0) is 30.6. The zero-order valence-electron chi connectivity index (χ0n) is 22.3. The van der Waals surface area contributed by atoms with Crippen molar-refractivity contribution >= 4 is 51.9 Å². The minimum absolute atomic E-state index is 0.0512. The maximum Gasteiger partial charge on any atom is 0.267 e. The third-order valence-electron chi connectivity index (χ3n) is 6.32. The van der Waals surface area contributed by atoms with Gasteiger partial charge in [0.2, 0.25) is 28.0 Å². The van der Waals surface area contributed by atoms with Gasteiger partial charge in [0, 0.05) is 6.92 Å². The molecule has 1 saturated heterocycles. The van der Waals surface area contributed by atoms with Crippen LogP contribution < -0.4 is 22.9 Å².